The Labute approximate surface area is 150 Å². The fourth-order valence-electron chi connectivity index (χ4n) is 3.18. The SMILES string of the molecule is O=C(Cn1c([C@H]2CCCO2)nc2ccccc21)Nc1ccccc1Cl. The molecule has 2 aromatic carbocycles. The van der Waals surface area contributed by atoms with Crippen molar-refractivity contribution in [2.75, 3.05) is 11.9 Å². The standard InChI is InChI=1S/C19H18ClN3O2/c20-13-6-1-2-7-14(13)21-18(24)12-23-16-9-4-3-8-15(16)22-19(23)17-10-5-11-25-17/h1-4,6-9,17H,5,10-12H2,(H,21,24)/t17-/m1/s1. The van der Waals surface area contributed by atoms with Crippen molar-refractivity contribution in [3.05, 3.63) is 59.4 Å². The molecular weight excluding hydrogens is 338 g/mol. The van der Waals surface area contributed by atoms with Crippen molar-refractivity contribution in [2.24, 2.45) is 0 Å². The molecule has 25 heavy (non-hydrogen) atoms. The molecule has 2 heterocycles. The van der Waals surface area contributed by atoms with Crippen LogP contribution in [0.1, 0.15) is 24.8 Å². The lowest BCUT2D eigenvalue weighted by atomic mass is 10.2. The van der Waals surface area contributed by atoms with E-state index in [0.717, 1.165) is 36.3 Å². The van der Waals surface area contributed by atoms with Crippen LogP contribution < -0.4 is 5.32 Å². The second-order valence-electron chi connectivity index (χ2n) is 6.07. The van der Waals surface area contributed by atoms with Crippen molar-refractivity contribution in [1.82, 2.24) is 9.55 Å². The summed E-state index contributed by atoms with van der Waals surface area (Å²) >= 11 is 6.13. The highest BCUT2D eigenvalue weighted by Crippen LogP contribution is 2.30. The van der Waals surface area contributed by atoms with Crippen LogP contribution in [0.4, 0.5) is 5.69 Å². The Hall–Kier alpha value is -2.37. The molecule has 4 rings (SSSR count). The monoisotopic (exact) mass is 355 g/mol. The maximum atomic E-state index is 12.6. The Balaban J connectivity index is 1.64. The van der Waals surface area contributed by atoms with Crippen molar-refractivity contribution in [2.45, 2.75) is 25.5 Å². The molecule has 0 bridgehead atoms. The summed E-state index contributed by atoms with van der Waals surface area (Å²) in [6.45, 7) is 0.903. The van der Waals surface area contributed by atoms with Crippen LogP contribution in [-0.2, 0) is 16.1 Å². The van der Waals surface area contributed by atoms with E-state index in [1.807, 2.05) is 41.0 Å². The summed E-state index contributed by atoms with van der Waals surface area (Å²) in [7, 11) is 0. The van der Waals surface area contributed by atoms with Gasteiger partial charge in [0.05, 0.1) is 21.7 Å². The molecule has 0 unspecified atom stereocenters. The Morgan fingerprint density at radius 1 is 1.24 bits per heavy atom. The van der Waals surface area contributed by atoms with E-state index in [4.69, 9.17) is 21.3 Å². The van der Waals surface area contributed by atoms with E-state index < -0.39 is 0 Å². The fourth-order valence-corrected chi connectivity index (χ4v) is 3.37. The number of ether oxygens (including phenoxy) is 1. The van der Waals surface area contributed by atoms with Gasteiger partial charge in [-0.1, -0.05) is 35.9 Å². The number of fused-ring (bicyclic) bond motifs is 1. The molecule has 5 nitrogen and oxygen atoms in total. The third-order valence-corrected chi connectivity index (χ3v) is 4.68. The minimum Gasteiger partial charge on any atom is -0.370 e. The first kappa shape index (κ1) is 16.1. The number of para-hydroxylation sites is 3. The third kappa shape index (κ3) is 3.25. The lowest BCUT2D eigenvalue weighted by Crippen LogP contribution is -2.21. The van der Waals surface area contributed by atoms with Crippen LogP contribution in [0.25, 0.3) is 11.0 Å². The maximum Gasteiger partial charge on any atom is 0.244 e. The number of hydrogen-bond acceptors (Lipinski definition) is 3. The predicted octanol–water partition coefficient (Wildman–Crippen LogP) is 4.18. The lowest BCUT2D eigenvalue weighted by Gasteiger charge is -2.14. The van der Waals surface area contributed by atoms with E-state index in [0.29, 0.717) is 10.7 Å². The van der Waals surface area contributed by atoms with Crippen molar-refractivity contribution in [3.63, 3.8) is 0 Å². The van der Waals surface area contributed by atoms with Gasteiger partial charge in [0, 0.05) is 6.61 Å². The van der Waals surface area contributed by atoms with Crippen LogP contribution in [0.2, 0.25) is 5.02 Å². The van der Waals surface area contributed by atoms with Crippen LogP contribution in [-0.4, -0.2) is 22.1 Å². The molecular formula is C19H18ClN3O2. The Kier molecular flexibility index (Phi) is 4.42. The van der Waals surface area contributed by atoms with Gasteiger partial charge >= 0.3 is 0 Å². The van der Waals surface area contributed by atoms with E-state index in [1.165, 1.54) is 0 Å². The number of carbonyl (C=O) groups excluding carboxylic acids is 1. The summed E-state index contributed by atoms with van der Waals surface area (Å²) < 4.78 is 7.73. The zero-order valence-corrected chi connectivity index (χ0v) is 14.4. The zero-order chi connectivity index (χ0) is 17.2. The first-order valence-electron chi connectivity index (χ1n) is 8.33. The second kappa shape index (κ2) is 6.86. The van der Waals surface area contributed by atoms with Crippen molar-refractivity contribution >= 4 is 34.2 Å². The van der Waals surface area contributed by atoms with E-state index in [9.17, 15) is 4.79 Å². The Bertz CT molecular complexity index is 916. The van der Waals surface area contributed by atoms with Gasteiger partial charge in [-0.05, 0) is 37.1 Å². The molecule has 0 spiro atoms. The minimum atomic E-state index is -0.143. The number of hydrogen-bond donors (Lipinski definition) is 1. The Morgan fingerprint density at radius 3 is 2.84 bits per heavy atom. The first-order valence-corrected chi connectivity index (χ1v) is 8.71. The van der Waals surface area contributed by atoms with Crippen LogP contribution in [0.3, 0.4) is 0 Å². The summed E-state index contributed by atoms with van der Waals surface area (Å²) in [5, 5.41) is 3.39. The van der Waals surface area contributed by atoms with Crippen LogP contribution >= 0.6 is 11.6 Å². The van der Waals surface area contributed by atoms with Gasteiger partial charge in [-0.15, -0.1) is 0 Å². The largest absolute Gasteiger partial charge is 0.370 e. The molecule has 0 radical (unpaired) electrons. The molecule has 3 aromatic rings. The number of nitrogens with zero attached hydrogens (tertiary/aromatic N) is 2. The lowest BCUT2D eigenvalue weighted by molar-refractivity contribution is -0.116. The summed E-state index contributed by atoms with van der Waals surface area (Å²) in [6, 6.07) is 15.0. The normalized spacial score (nSPS) is 17.1. The molecule has 6 heteroatoms. The third-order valence-electron chi connectivity index (χ3n) is 4.35. The number of imidazole rings is 1. The van der Waals surface area contributed by atoms with Gasteiger partial charge in [0.15, 0.2) is 0 Å². The van der Waals surface area contributed by atoms with Gasteiger partial charge in [0.2, 0.25) is 5.91 Å². The molecule has 1 aliphatic heterocycles. The zero-order valence-electron chi connectivity index (χ0n) is 13.6. The summed E-state index contributed by atoms with van der Waals surface area (Å²) in [5.41, 5.74) is 2.41. The molecule has 128 valence electrons. The van der Waals surface area contributed by atoms with E-state index >= 15 is 0 Å². The average Bonchev–Trinajstić information content (AvgIpc) is 3.25. The summed E-state index contributed by atoms with van der Waals surface area (Å²) in [5.74, 6) is 0.670. The van der Waals surface area contributed by atoms with Gasteiger partial charge in [-0.25, -0.2) is 4.98 Å². The molecule has 1 fully saturated rings. The quantitative estimate of drug-likeness (QED) is 0.763. The molecule has 1 amide bonds. The number of amides is 1. The molecule has 0 aliphatic carbocycles. The molecule has 1 saturated heterocycles. The highest BCUT2D eigenvalue weighted by Gasteiger charge is 2.25. The topological polar surface area (TPSA) is 56.2 Å². The first-order chi connectivity index (χ1) is 12.2. The van der Waals surface area contributed by atoms with Crippen LogP contribution in [0.15, 0.2) is 48.5 Å². The van der Waals surface area contributed by atoms with E-state index in [1.54, 1.807) is 12.1 Å². The molecule has 0 saturated carbocycles. The highest BCUT2D eigenvalue weighted by molar-refractivity contribution is 6.33. The number of rotatable bonds is 4. The predicted molar refractivity (Wildman–Crippen MR) is 97.7 cm³/mol. The number of benzene rings is 2. The minimum absolute atomic E-state index is 0.0551. The van der Waals surface area contributed by atoms with Crippen molar-refractivity contribution in [3.8, 4) is 0 Å². The van der Waals surface area contributed by atoms with Gasteiger partial charge in [0.1, 0.15) is 18.5 Å². The van der Waals surface area contributed by atoms with Gasteiger partial charge in [-0.2, -0.15) is 0 Å². The smallest absolute Gasteiger partial charge is 0.244 e. The number of anilines is 1. The maximum absolute atomic E-state index is 12.6. The van der Waals surface area contributed by atoms with E-state index in [-0.39, 0.29) is 18.6 Å². The molecule has 1 aliphatic rings. The molecule has 1 atom stereocenters. The van der Waals surface area contributed by atoms with Crippen molar-refractivity contribution < 1.29 is 9.53 Å². The fraction of sp³-hybridized carbons (Fsp3) is 0.263. The van der Waals surface area contributed by atoms with Gasteiger partial charge in [-0.3, -0.25) is 4.79 Å². The van der Waals surface area contributed by atoms with E-state index in [2.05, 4.69) is 5.32 Å². The number of halogens is 1. The number of carbonyl (C=O) groups is 1. The Morgan fingerprint density at radius 2 is 2.04 bits per heavy atom. The van der Waals surface area contributed by atoms with Gasteiger partial charge in [0.25, 0.3) is 0 Å². The molecule has 1 aromatic heterocycles. The number of aromatic nitrogens is 2. The van der Waals surface area contributed by atoms with Crippen LogP contribution in [0, 0.1) is 0 Å². The van der Waals surface area contributed by atoms with Crippen LogP contribution in [0.5, 0.6) is 0 Å². The summed E-state index contributed by atoms with van der Waals surface area (Å²) in [6.07, 6.45) is 1.88. The number of nitrogens with one attached hydrogen (secondary N) is 1. The summed E-state index contributed by atoms with van der Waals surface area (Å²) in [4.78, 5) is 17.3. The highest BCUT2D eigenvalue weighted by atomic mass is 35.5. The van der Waals surface area contributed by atoms with Gasteiger partial charge < -0.3 is 14.6 Å². The van der Waals surface area contributed by atoms with Crippen molar-refractivity contribution in [1.29, 1.82) is 0 Å². The second-order valence-corrected chi connectivity index (χ2v) is 6.48. The molecule has 1 N–H and O–H groups in total. The average molecular weight is 356 g/mol.